The Morgan fingerprint density at radius 2 is 2.20 bits per heavy atom. The van der Waals surface area contributed by atoms with E-state index in [1.807, 2.05) is 20.1 Å². The van der Waals surface area contributed by atoms with Crippen LogP contribution in [0.25, 0.3) is 0 Å². The smallest absolute Gasteiger partial charge is 0.244 e. The van der Waals surface area contributed by atoms with Gasteiger partial charge in [0.2, 0.25) is 6.20 Å². The lowest BCUT2D eigenvalue weighted by Gasteiger charge is -2.02. The van der Waals surface area contributed by atoms with Gasteiger partial charge >= 0.3 is 0 Å². The van der Waals surface area contributed by atoms with E-state index in [0.29, 0.717) is 0 Å². The second kappa shape index (κ2) is 4.33. The van der Waals surface area contributed by atoms with Crippen molar-refractivity contribution >= 4 is 11.8 Å². The summed E-state index contributed by atoms with van der Waals surface area (Å²) in [6.07, 6.45) is 2.91. The molecule has 0 bridgehead atoms. The third kappa shape index (κ3) is 3.50. The van der Waals surface area contributed by atoms with Crippen LogP contribution in [0.5, 0.6) is 0 Å². The van der Waals surface area contributed by atoms with Crippen LogP contribution in [0.3, 0.4) is 0 Å². The van der Waals surface area contributed by atoms with E-state index in [4.69, 9.17) is 0 Å². The monoisotopic (exact) mass is 161 g/mol. The van der Waals surface area contributed by atoms with Crippen molar-refractivity contribution in [3.8, 4) is 0 Å². The summed E-state index contributed by atoms with van der Waals surface area (Å²) in [6, 6.07) is 0. The number of thioether (sulfide) groups is 1. The number of nitrogens with zero attached hydrogens (tertiary/aromatic N) is 1. The van der Waals surface area contributed by atoms with Crippen LogP contribution in [-0.2, 0) is 0 Å². The van der Waals surface area contributed by atoms with Crippen molar-refractivity contribution in [2.24, 2.45) is 5.92 Å². The summed E-state index contributed by atoms with van der Waals surface area (Å²) in [5, 5.41) is 9.99. The molecule has 58 valence electrons. The van der Waals surface area contributed by atoms with Crippen LogP contribution in [-0.4, -0.2) is 11.2 Å². The van der Waals surface area contributed by atoms with E-state index in [9.17, 15) is 10.1 Å². The van der Waals surface area contributed by atoms with Gasteiger partial charge in [0, 0.05) is 0 Å². The molecule has 0 rings (SSSR count). The molecule has 0 saturated heterocycles. The lowest BCUT2D eigenvalue weighted by Crippen LogP contribution is -1.93. The van der Waals surface area contributed by atoms with Gasteiger partial charge in [-0.25, -0.2) is 0 Å². The van der Waals surface area contributed by atoms with E-state index in [2.05, 4.69) is 0 Å². The predicted octanol–water partition coefficient (Wildman–Crippen LogP) is 2.12. The van der Waals surface area contributed by atoms with Gasteiger partial charge in [0.1, 0.15) is 0 Å². The third-order valence-corrected chi connectivity index (χ3v) is 2.09. The first-order chi connectivity index (χ1) is 4.57. The molecule has 0 N–H and O–H groups in total. The van der Waals surface area contributed by atoms with Gasteiger partial charge in [-0.1, -0.05) is 13.8 Å². The zero-order valence-corrected chi connectivity index (χ0v) is 7.14. The lowest BCUT2D eigenvalue weighted by atomic mass is 10.2. The van der Waals surface area contributed by atoms with Crippen LogP contribution in [0.15, 0.2) is 11.1 Å². The Labute approximate surface area is 64.7 Å². The van der Waals surface area contributed by atoms with Gasteiger partial charge in [0.05, 0.1) is 9.83 Å². The van der Waals surface area contributed by atoms with Crippen LogP contribution >= 0.6 is 11.8 Å². The van der Waals surface area contributed by atoms with E-state index >= 15 is 0 Å². The Morgan fingerprint density at radius 1 is 1.70 bits per heavy atom. The molecule has 0 aromatic rings. The van der Waals surface area contributed by atoms with Crippen molar-refractivity contribution in [2.45, 2.75) is 13.8 Å². The predicted molar refractivity (Wildman–Crippen MR) is 43.4 cm³/mol. The Balaban J connectivity index is 4.18. The van der Waals surface area contributed by atoms with E-state index in [1.165, 1.54) is 11.8 Å². The number of hydrogen-bond acceptors (Lipinski definition) is 3. The molecule has 10 heavy (non-hydrogen) atoms. The van der Waals surface area contributed by atoms with Crippen LogP contribution < -0.4 is 0 Å². The minimum Gasteiger partial charge on any atom is -0.259 e. The fraction of sp³-hybridized carbons (Fsp3) is 0.667. The average Bonchev–Trinajstić information content (AvgIpc) is 1.81. The molecule has 4 heteroatoms. The maximum absolute atomic E-state index is 9.99. The normalized spacial score (nSPS) is 12.2. The largest absolute Gasteiger partial charge is 0.259 e. The van der Waals surface area contributed by atoms with Crippen molar-refractivity contribution in [3.05, 3.63) is 21.2 Å². The van der Waals surface area contributed by atoms with Gasteiger partial charge in [-0.05, 0) is 12.2 Å². The van der Waals surface area contributed by atoms with Crippen LogP contribution in [0, 0.1) is 16.0 Å². The van der Waals surface area contributed by atoms with Crippen LogP contribution in [0.1, 0.15) is 13.8 Å². The zero-order chi connectivity index (χ0) is 8.15. The first-order valence-electron chi connectivity index (χ1n) is 2.97. The maximum atomic E-state index is 9.99. The SMILES string of the molecule is CS/C(=C/[N+](=O)[O-])C(C)C. The maximum Gasteiger partial charge on any atom is 0.244 e. The molecule has 0 aliphatic rings. The molecule has 0 aliphatic heterocycles. The molecular formula is C6H11NO2S. The highest BCUT2D eigenvalue weighted by molar-refractivity contribution is 8.02. The van der Waals surface area contributed by atoms with Crippen LogP contribution in [0.4, 0.5) is 0 Å². The van der Waals surface area contributed by atoms with Gasteiger partial charge in [-0.2, -0.15) is 0 Å². The number of hydrogen-bond donors (Lipinski definition) is 0. The highest BCUT2D eigenvalue weighted by Crippen LogP contribution is 2.20. The Hall–Kier alpha value is -0.510. The molecule has 0 unspecified atom stereocenters. The summed E-state index contributed by atoms with van der Waals surface area (Å²) in [4.78, 5) is 10.4. The molecule has 0 aliphatic carbocycles. The second-order valence-corrected chi connectivity index (χ2v) is 3.06. The molecule has 0 aromatic heterocycles. The quantitative estimate of drug-likeness (QED) is 0.470. The first-order valence-corrected chi connectivity index (χ1v) is 4.19. The van der Waals surface area contributed by atoms with E-state index in [-0.39, 0.29) is 5.92 Å². The first kappa shape index (κ1) is 9.49. The third-order valence-electron chi connectivity index (χ3n) is 1.04. The standard InChI is InChI=1S/C6H11NO2S/c1-5(2)6(10-3)4-7(8)9/h4-5H,1-3H3/b6-4+. The van der Waals surface area contributed by atoms with Gasteiger partial charge in [0.25, 0.3) is 0 Å². The zero-order valence-electron chi connectivity index (χ0n) is 6.33. The lowest BCUT2D eigenvalue weighted by molar-refractivity contribution is -0.403. The van der Waals surface area contributed by atoms with Gasteiger partial charge < -0.3 is 0 Å². The van der Waals surface area contributed by atoms with Gasteiger partial charge in [0.15, 0.2) is 0 Å². The van der Waals surface area contributed by atoms with Gasteiger partial charge in [-0.3, -0.25) is 10.1 Å². The molecule has 0 radical (unpaired) electrons. The minimum atomic E-state index is -0.411. The molecule has 0 amide bonds. The summed E-state index contributed by atoms with van der Waals surface area (Å²) in [5.41, 5.74) is 0. The molecule has 0 heterocycles. The van der Waals surface area contributed by atoms with E-state index in [0.717, 1.165) is 11.1 Å². The molecule has 0 atom stereocenters. The van der Waals surface area contributed by atoms with Crippen molar-refractivity contribution in [1.82, 2.24) is 0 Å². The molecule has 0 saturated carbocycles. The highest BCUT2D eigenvalue weighted by Gasteiger charge is 2.05. The molecule has 0 fully saturated rings. The van der Waals surface area contributed by atoms with Crippen molar-refractivity contribution < 1.29 is 4.92 Å². The molecular weight excluding hydrogens is 150 g/mol. The van der Waals surface area contributed by atoms with Crippen molar-refractivity contribution in [2.75, 3.05) is 6.26 Å². The molecule has 3 nitrogen and oxygen atoms in total. The highest BCUT2D eigenvalue weighted by atomic mass is 32.2. The fourth-order valence-corrected chi connectivity index (χ4v) is 1.20. The Kier molecular flexibility index (Phi) is 4.11. The summed E-state index contributed by atoms with van der Waals surface area (Å²) >= 11 is 1.43. The van der Waals surface area contributed by atoms with Crippen molar-refractivity contribution in [3.63, 3.8) is 0 Å². The van der Waals surface area contributed by atoms with E-state index < -0.39 is 4.92 Å². The number of rotatable bonds is 3. The number of nitro groups is 1. The van der Waals surface area contributed by atoms with Gasteiger partial charge in [-0.15, -0.1) is 11.8 Å². The minimum absolute atomic E-state index is 0.250. The molecule has 0 aromatic carbocycles. The van der Waals surface area contributed by atoms with Crippen molar-refractivity contribution in [1.29, 1.82) is 0 Å². The molecule has 0 spiro atoms. The Bertz CT molecular complexity index is 154. The summed E-state index contributed by atoms with van der Waals surface area (Å²) in [5.74, 6) is 0.250. The fourth-order valence-electron chi connectivity index (χ4n) is 0.541. The average molecular weight is 161 g/mol. The summed E-state index contributed by atoms with van der Waals surface area (Å²) < 4.78 is 0. The van der Waals surface area contributed by atoms with Crippen LogP contribution in [0.2, 0.25) is 0 Å². The Morgan fingerprint density at radius 3 is 2.30 bits per heavy atom. The summed E-state index contributed by atoms with van der Waals surface area (Å²) in [7, 11) is 0. The second-order valence-electron chi connectivity index (χ2n) is 2.18. The summed E-state index contributed by atoms with van der Waals surface area (Å²) in [6.45, 7) is 3.87. The number of allylic oxidation sites excluding steroid dienone is 1. The topological polar surface area (TPSA) is 43.1 Å². The van der Waals surface area contributed by atoms with E-state index in [1.54, 1.807) is 0 Å².